The third kappa shape index (κ3) is 4.48. The van der Waals surface area contributed by atoms with Crippen molar-refractivity contribution in [2.45, 2.75) is 43.3 Å². The van der Waals surface area contributed by atoms with Crippen LogP contribution in [-0.2, 0) is 19.5 Å². The Bertz CT molecular complexity index is 1110. The minimum absolute atomic E-state index is 0.0120. The maximum absolute atomic E-state index is 13.1. The number of rotatable bonds is 5. The van der Waals surface area contributed by atoms with Crippen molar-refractivity contribution < 1.29 is 9.18 Å². The van der Waals surface area contributed by atoms with Crippen LogP contribution in [-0.4, -0.2) is 32.6 Å². The molecule has 0 bridgehead atoms. The standard InChI is InChI=1S/C22H23FN4O2S/c1-30-19-4-2-3-16(13-19)21(28)24-18-9-10-20-25-27(22(29)26(20)12-11-18)14-15-5-7-17(23)8-6-15/h2-8,13,18H,9-12,14H2,1H3,(H,24,28). The Labute approximate surface area is 178 Å². The molecule has 0 radical (unpaired) electrons. The van der Waals surface area contributed by atoms with Gasteiger partial charge in [0.2, 0.25) is 0 Å². The summed E-state index contributed by atoms with van der Waals surface area (Å²) in [7, 11) is 0. The van der Waals surface area contributed by atoms with Crippen molar-refractivity contribution in [2.75, 3.05) is 6.26 Å². The second-order valence-electron chi connectivity index (χ2n) is 7.36. The Morgan fingerprint density at radius 1 is 1.23 bits per heavy atom. The third-order valence-corrected chi connectivity index (χ3v) is 6.06. The number of aromatic nitrogens is 3. The zero-order valence-corrected chi connectivity index (χ0v) is 17.5. The van der Waals surface area contributed by atoms with Crippen LogP contribution in [0, 0.1) is 5.82 Å². The van der Waals surface area contributed by atoms with Crippen molar-refractivity contribution >= 4 is 17.7 Å². The van der Waals surface area contributed by atoms with Crippen molar-refractivity contribution in [2.24, 2.45) is 0 Å². The molecular formula is C22H23FN4O2S. The summed E-state index contributed by atoms with van der Waals surface area (Å²) >= 11 is 1.60. The molecule has 6 nitrogen and oxygen atoms in total. The quantitative estimate of drug-likeness (QED) is 0.637. The van der Waals surface area contributed by atoms with Gasteiger partial charge in [0.25, 0.3) is 5.91 Å². The number of thioether (sulfide) groups is 1. The third-order valence-electron chi connectivity index (χ3n) is 5.33. The number of hydrogen-bond donors (Lipinski definition) is 1. The van der Waals surface area contributed by atoms with Gasteiger partial charge < -0.3 is 5.32 Å². The van der Waals surface area contributed by atoms with Gasteiger partial charge in [-0.3, -0.25) is 9.36 Å². The van der Waals surface area contributed by atoms with Gasteiger partial charge in [-0.2, -0.15) is 5.10 Å². The molecule has 0 aliphatic carbocycles. The molecule has 1 aliphatic heterocycles. The Balaban J connectivity index is 1.42. The molecule has 0 saturated carbocycles. The van der Waals surface area contributed by atoms with Crippen LogP contribution in [0.1, 0.15) is 34.6 Å². The van der Waals surface area contributed by atoms with E-state index >= 15 is 0 Å². The van der Waals surface area contributed by atoms with Crippen molar-refractivity contribution in [3.05, 3.63) is 81.8 Å². The molecule has 1 atom stereocenters. The van der Waals surface area contributed by atoms with Crippen molar-refractivity contribution in [3.8, 4) is 0 Å². The Morgan fingerprint density at radius 2 is 2.03 bits per heavy atom. The van der Waals surface area contributed by atoms with E-state index in [-0.39, 0.29) is 23.5 Å². The van der Waals surface area contributed by atoms with Gasteiger partial charge in [0.1, 0.15) is 11.6 Å². The van der Waals surface area contributed by atoms with Gasteiger partial charge in [-0.25, -0.2) is 13.9 Å². The van der Waals surface area contributed by atoms with E-state index in [0.717, 1.165) is 22.7 Å². The molecule has 2 aromatic carbocycles. The van der Waals surface area contributed by atoms with E-state index in [1.165, 1.54) is 16.8 Å². The molecule has 30 heavy (non-hydrogen) atoms. The molecule has 1 aliphatic rings. The van der Waals surface area contributed by atoms with Gasteiger partial charge in [0.15, 0.2) is 0 Å². The number of aryl methyl sites for hydroxylation is 1. The maximum Gasteiger partial charge on any atom is 0.346 e. The van der Waals surface area contributed by atoms with E-state index in [9.17, 15) is 14.0 Å². The fourth-order valence-corrected chi connectivity index (χ4v) is 4.13. The zero-order valence-electron chi connectivity index (χ0n) is 16.7. The molecule has 1 unspecified atom stereocenters. The second kappa shape index (κ2) is 8.87. The van der Waals surface area contributed by atoms with Gasteiger partial charge in [-0.1, -0.05) is 18.2 Å². The molecule has 1 amide bonds. The average Bonchev–Trinajstić information content (AvgIpc) is 2.92. The Kier molecular flexibility index (Phi) is 6.03. The van der Waals surface area contributed by atoms with Gasteiger partial charge in [0, 0.05) is 29.5 Å². The van der Waals surface area contributed by atoms with Crippen molar-refractivity contribution in [1.29, 1.82) is 0 Å². The molecule has 8 heteroatoms. The van der Waals surface area contributed by atoms with Gasteiger partial charge in [0.05, 0.1) is 6.54 Å². The largest absolute Gasteiger partial charge is 0.349 e. The summed E-state index contributed by atoms with van der Waals surface area (Å²) in [6.45, 7) is 0.818. The highest BCUT2D eigenvalue weighted by atomic mass is 32.2. The lowest BCUT2D eigenvalue weighted by Crippen LogP contribution is -2.35. The fourth-order valence-electron chi connectivity index (χ4n) is 3.67. The van der Waals surface area contributed by atoms with Crippen molar-refractivity contribution in [1.82, 2.24) is 19.7 Å². The van der Waals surface area contributed by atoms with Crippen LogP contribution < -0.4 is 11.0 Å². The van der Waals surface area contributed by atoms with Crippen LogP contribution in [0.2, 0.25) is 0 Å². The topological polar surface area (TPSA) is 68.9 Å². The monoisotopic (exact) mass is 426 g/mol. The number of benzene rings is 2. The first-order valence-corrected chi connectivity index (χ1v) is 11.1. The van der Waals surface area contributed by atoms with E-state index < -0.39 is 0 Å². The molecule has 1 N–H and O–H groups in total. The summed E-state index contributed by atoms with van der Waals surface area (Å²) < 4.78 is 16.2. The van der Waals surface area contributed by atoms with E-state index in [2.05, 4.69) is 10.4 Å². The van der Waals surface area contributed by atoms with E-state index in [4.69, 9.17) is 0 Å². The van der Waals surface area contributed by atoms with Crippen LogP contribution in [0.25, 0.3) is 0 Å². The lowest BCUT2D eigenvalue weighted by atomic mass is 10.1. The number of amides is 1. The normalized spacial score (nSPS) is 16.0. The first-order chi connectivity index (χ1) is 14.5. The van der Waals surface area contributed by atoms with Crippen LogP contribution in [0.4, 0.5) is 4.39 Å². The molecule has 0 spiro atoms. The number of nitrogens with one attached hydrogen (secondary N) is 1. The number of hydrogen-bond acceptors (Lipinski definition) is 4. The predicted octanol–water partition coefficient (Wildman–Crippen LogP) is 3.09. The summed E-state index contributed by atoms with van der Waals surface area (Å²) in [4.78, 5) is 26.4. The Morgan fingerprint density at radius 3 is 2.80 bits per heavy atom. The number of halogens is 1. The van der Waals surface area contributed by atoms with Gasteiger partial charge >= 0.3 is 5.69 Å². The predicted molar refractivity (Wildman–Crippen MR) is 114 cm³/mol. The molecule has 156 valence electrons. The van der Waals surface area contributed by atoms with Gasteiger partial charge in [-0.05, 0) is 55.0 Å². The highest BCUT2D eigenvalue weighted by Gasteiger charge is 2.22. The number of nitrogens with zero attached hydrogens (tertiary/aromatic N) is 3. The van der Waals surface area contributed by atoms with E-state index in [1.54, 1.807) is 28.5 Å². The van der Waals surface area contributed by atoms with Crippen LogP contribution in [0.15, 0.2) is 58.2 Å². The first kappa shape index (κ1) is 20.4. The molecule has 4 rings (SSSR count). The number of carbonyl (C=O) groups is 1. The van der Waals surface area contributed by atoms with Gasteiger partial charge in [-0.15, -0.1) is 11.8 Å². The van der Waals surface area contributed by atoms with E-state index in [0.29, 0.717) is 31.5 Å². The molecule has 0 fully saturated rings. The van der Waals surface area contributed by atoms with Crippen LogP contribution in [0.5, 0.6) is 0 Å². The lowest BCUT2D eigenvalue weighted by molar-refractivity contribution is 0.0932. The molecule has 3 aromatic rings. The first-order valence-electron chi connectivity index (χ1n) is 9.89. The number of fused-ring (bicyclic) bond motifs is 1. The summed E-state index contributed by atoms with van der Waals surface area (Å²) in [6, 6.07) is 13.6. The highest BCUT2D eigenvalue weighted by Crippen LogP contribution is 2.17. The number of carbonyl (C=O) groups excluding carboxylic acids is 1. The van der Waals surface area contributed by atoms with Crippen LogP contribution >= 0.6 is 11.8 Å². The minimum Gasteiger partial charge on any atom is -0.349 e. The van der Waals surface area contributed by atoms with Crippen molar-refractivity contribution in [3.63, 3.8) is 0 Å². The average molecular weight is 427 g/mol. The molecule has 1 aromatic heterocycles. The highest BCUT2D eigenvalue weighted by molar-refractivity contribution is 7.98. The smallest absolute Gasteiger partial charge is 0.346 e. The molecule has 0 saturated heterocycles. The summed E-state index contributed by atoms with van der Waals surface area (Å²) in [5.74, 6) is 0.326. The lowest BCUT2D eigenvalue weighted by Gasteiger charge is -2.16. The summed E-state index contributed by atoms with van der Waals surface area (Å²) in [5.41, 5.74) is 1.30. The fraction of sp³-hybridized carbons (Fsp3) is 0.318. The summed E-state index contributed by atoms with van der Waals surface area (Å²) in [6.07, 6.45) is 3.98. The molecule has 2 heterocycles. The minimum atomic E-state index is -0.306. The second-order valence-corrected chi connectivity index (χ2v) is 8.24. The molecular weight excluding hydrogens is 403 g/mol. The SMILES string of the molecule is CSc1cccc(C(=O)NC2CCc3nn(Cc4ccc(F)cc4)c(=O)n3CC2)c1. The maximum atomic E-state index is 13.1. The summed E-state index contributed by atoms with van der Waals surface area (Å²) in [5, 5.41) is 7.58. The van der Waals surface area contributed by atoms with Crippen LogP contribution in [0.3, 0.4) is 0 Å². The zero-order chi connectivity index (χ0) is 21.1. The van der Waals surface area contributed by atoms with E-state index in [1.807, 2.05) is 30.5 Å². The Hall–Kier alpha value is -2.87.